The fourth-order valence-electron chi connectivity index (χ4n) is 3.24. The minimum atomic E-state index is 0.0706. The first-order valence-electron chi connectivity index (χ1n) is 8.97. The predicted molar refractivity (Wildman–Crippen MR) is 104 cm³/mol. The number of aryl methyl sites for hydroxylation is 1. The maximum absolute atomic E-state index is 12.9. The molecular weight excluding hydrogens is 322 g/mol. The van der Waals surface area contributed by atoms with Crippen molar-refractivity contribution in [1.29, 1.82) is 0 Å². The second-order valence-corrected chi connectivity index (χ2v) is 6.70. The van der Waals surface area contributed by atoms with Crippen LogP contribution >= 0.6 is 0 Å². The Labute approximate surface area is 154 Å². The minimum absolute atomic E-state index is 0.0706. The van der Waals surface area contributed by atoms with Crippen molar-refractivity contribution < 1.29 is 4.79 Å². The van der Waals surface area contributed by atoms with Crippen LogP contribution < -0.4 is 0 Å². The normalized spacial score (nSPS) is 11.9. The van der Waals surface area contributed by atoms with Crippen molar-refractivity contribution >= 4 is 5.91 Å². The first-order valence-corrected chi connectivity index (χ1v) is 8.97. The number of nitrogens with one attached hydrogen (secondary N) is 1. The van der Waals surface area contributed by atoms with Crippen LogP contribution in [-0.4, -0.2) is 34.6 Å². The third-order valence-electron chi connectivity index (χ3n) is 4.86. The molecule has 4 nitrogen and oxygen atoms in total. The van der Waals surface area contributed by atoms with Gasteiger partial charge in [0.2, 0.25) is 5.91 Å². The zero-order chi connectivity index (χ0) is 18.4. The van der Waals surface area contributed by atoms with Gasteiger partial charge in [-0.1, -0.05) is 54.6 Å². The van der Waals surface area contributed by atoms with Crippen LogP contribution in [0.3, 0.4) is 0 Å². The summed E-state index contributed by atoms with van der Waals surface area (Å²) in [5, 5.41) is 6.76. The molecule has 0 fully saturated rings. The lowest BCUT2D eigenvalue weighted by Crippen LogP contribution is -2.30. The first-order chi connectivity index (χ1) is 12.6. The Bertz CT molecular complexity index is 828. The Hall–Kier alpha value is -2.88. The van der Waals surface area contributed by atoms with Gasteiger partial charge < -0.3 is 4.90 Å². The number of nitrogens with zero attached hydrogens (tertiary/aromatic N) is 2. The highest BCUT2D eigenvalue weighted by atomic mass is 16.2. The molecule has 0 saturated heterocycles. The molecule has 0 spiro atoms. The van der Waals surface area contributed by atoms with E-state index in [1.807, 2.05) is 48.5 Å². The van der Waals surface area contributed by atoms with Gasteiger partial charge >= 0.3 is 0 Å². The predicted octanol–water partition coefficient (Wildman–Crippen LogP) is 3.94. The van der Waals surface area contributed by atoms with E-state index in [0.29, 0.717) is 13.0 Å². The summed E-state index contributed by atoms with van der Waals surface area (Å²) in [6.45, 7) is 2.80. The summed E-state index contributed by atoms with van der Waals surface area (Å²) in [4.78, 5) is 14.7. The van der Waals surface area contributed by atoms with E-state index in [1.54, 1.807) is 6.20 Å². The van der Waals surface area contributed by atoms with Crippen LogP contribution in [0.5, 0.6) is 0 Å². The van der Waals surface area contributed by atoms with Gasteiger partial charge in [0.1, 0.15) is 0 Å². The number of benzene rings is 2. The molecule has 0 saturated carbocycles. The smallest absolute Gasteiger partial charge is 0.223 e. The van der Waals surface area contributed by atoms with E-state index in [4.69, 9.17) is 0 Å². The first kappa shape index (κ1) is 17.9. The van der Waals surface area contributed by atoms with E-state index in [9.17, 15) is 4.79 Å². The van der Waals surface area contributed by atoms with Crippen LogP contribution in [0.15, 0.2) is 67.0 Å². The highest BCUT2D eigenvalue weighted by Gasteiger charge is 2.21. The van der Waals surface area contributed by atoms with Crippen molar-refractivity contribution in [3.05, 3.63) is 89.2 Å². The van der Waals surface area contributed by atoms with Gasteiger partial charge in [0.05, 0.1) is 6.20 Å². The number of H-pyrrole nitrogens is 1. The number of aromatic nitrogens is 2. The molecule has 0 radical (unpaired) electrons. The summed E-state index contributed by atoms with van der Waals surface area (Å²) in [5.41, 5.74) is 4.73. The van der Waals surface area contributed by atoms with Gasteiger partial charge in [-0.2, -0.15) is 5.10 Å². The van der Waals surface area contributed by atoms with Gasteiger partial charge in [-0.3, -0.25) is 9.89 Å². The molecule has 0 aliphatic carbocycles. The second kappa shape index (κ2) is 8.48. The number of rotatable bonds is 7. The van der Waals surface area contributed by atoms with Crippen LogP contribution in [0.2, 0.25) is 0 Å². The van der Waals surface area contributed by atoms with Gasteiger partial charge in [0.15, 0.2) is 0 Å². The van der Waals surface area contributed by atoms with Crippen molar-refractivity contribution in [2.75, 3.05) is 13.6 Å². The van der Waals surface area contributed by atoms with Crippen LogP contribution in [0.4, 0.5) is 0 Å². The summed E-state index contributed by atoms with van der Waals surface area (Å²) in [6.07, 6.45) is 4.95. The van der Waals surface area contributed by atoms with E-state index in [0.717, 1.165) is 12.0 Å². The number of hydrogen-bond donors (Lipinski definition) is 1. The molecule has 1 amide bonds. The molecule has 1 aromatic heterocycles. The molecule has 3 aromatic rings. The highest BCUT2D eigenvalue weighted by molar-refractivity contribution is 5.77. The Balaban J connectivity index is 1.75. The van der Waals surface area contributed by atoms with Gasteiger partial charge in [-0.05, 0) is 35.6 Å². The summed E-state index contributed by atoms with van der Waals surface area (Å²) >= 11 is 0. The number of hydrogen-bond acceptors (Lipinski definition) is 2. The van der Waals surface area contributed by atoms with Crippen LogP contribution in [-0.2, 0) is 11.2 Å². The van der Waals surface area contributed by atoms with E-state index in [-0.39, 0.29) is 11.8 Å². The lowest BCUT2D eigenvalue weighted by Gasteiger charge is -2.23. The largest absolute Gasteiger partial charge is 0.345 e. The van der Waals surface area contributed by atoms with Crippen LogP contribution in [0, 0.1) is 6.92 Å². The number of carbonyl (C=O) groups is 1. The lowest BCUT2D eigenvalue weighted by molar-refractivity contribution is -0.130. The van der Waals surface area contributed by atoms with Gasteiger partial charge in [0.25, 0.3) is 0 Å². The van der Waals surface area contributed by atoms with Crippen molar-refractivity contribution in [2.24, 2.45) is 0 Å². The van der Waals surface area contributed by atoms with Gasteiger partial charge in [-0.15, -0.1) is 0 Å². The molecule has 4 heteroatoms. The Morgan fingerprint density at radius 2 is 1.85 bits per heavy atom. The van der Waals surface area contributed by atoms with Crippen molar-refractivity contribution in [2.45, 2.75) is 25.7 Å². The van der Waals surface area contributed by atoms with Crippen LogP contribution in [0.1, 0.15) is 34.6 Å². The quantitative estimate of drug-likeness (QED) is 0.704. The Morgan fingerprint density at radius 3 is 2.54 bits per heavy atom. The fraction of sp³-hybridized carbons (Fsp3) is 0.273. The molecule has 0 aliphatic heterocycles. The molecule has 1 unspecified atom stereocenters. The van der Waals surface area contributed by atoms with Crippen LogP contribution in [0.25, 0.3) is 0 Å². The maximum Gasteiger partial charge on any atom is 0.223 e. The summed E-state index contributed by atoms with van der Waals surface area (Å²) < 4.78 is 0. The topological polar surface area (TPSA) is 49.0 Å². The number of amides is 1. The molecule has 26 heavy (non-hydrogen) atoms. The fourth-order valence-corrected chi connectivity index (χ4v) is 3.24. The number of aromatic amines is 1. The van der Waals surface area contributed by atoms with E-state index >= 15 is 0 Å². The minimum Gasteiger partial charge on any atom is -0.345 e. The SMILES string of the molecule is Cc1ccccc1C(CC(=O)N(C)CCc1cn[nH]c1)c1ccccc1. The maximum atomic E-state index is 12.9. The van der Waals surface area contributed by atoms with Gasteiger partial charge in [-0.25, -0.2) is 0 Å². The molecule has 1 heterocycles. The second-order valence-electron chi connectivity index (χ2n) is 6.70. The molecule has 1 N–H and O–H groups in total. The summed E-state index contributed by atoms with van der Waals surface area (Å²) in [5.74, 6) is 0.229. The van der Waals surface area contributed by atoms with E-state index in [1.165, 1.54) is 16.7 Å². The Morgan fingerprint density at radius 1 is 1.12 bits per heavy atom. The van der Waals surface area contributed by atoms with Crippen molar-refractivity contribution in [1.82, 2.24) is 15.1 Å². The van der Waals surface area contributed by atoms with Crippen molar-refractivity contribution in [3.63, 3.8) is 0 Å². The number of likely N-dealkylation sites (N-methyl/N-ethyl adjacent to an activating group) is 1. The molecule has 3 rings (SSSR count). The standard InChI is InChI=1S/C22H25N3O/c1-17-8-6-7-11-20(17)21(19-9-4-3-5-10-19)14-22(26)25(2)13-12-18-15-23-24-16-18/h3-11,15-16,21H,12-14H2,1-2H3,(H,23,24). The molecular formula is C22H25N3O. The third kappa shape index (κ3) is 4.39. The highest BCUT2D eigenvalue weighted by Crippen LogP contribution is 2.30. The third-order valence-corrected chi connectivity index (χ3v) is 4.86. The monoisotopic (exact) mass is 347 g/mol. The summed E-state index contributed by atoms with van der Waals surface area (Å²) in [6, 6.07) is 18.6. The lowest BCUT2D eigenvalue weighted by atomic mass is 9.85. The van der Waals surface area contributed by atoms with E-state index in [2.05, 4.69) is 41.4 Å². The average molecular weight is 347 g/mol. The Kier molecular flexibility index (Phi) is 5.84. The van der Waals surface area contributed by atoms with E-state index < -0.39 is 0 Å². The zero-order valence-electron chi connectivity index (χ0n) is 15.4. The molecule has 1 atom stereocenters. The van der Waals surface area contributed by atoms with Gasteiger partial charge in [0, 0.05) is 32.1 Å². The molecule has 0 bridgehead atoms. The summed E-state index contributed by atoms with van der Waals surface area (Å²) in [7, 11) is 1.88. The molecule has 2 aromatic carbocycles. The molecule has 134 valence electrons. The molecule has 0 aliphatic rings. The average Bonchev–Trinajstić information content (AvgIpc) is 3.19. The zero-order valence-corrected chi connectivity index (χ0v) is 15.4. The number of carbonyl (C=O) groups excluding carboxylic acids is 1. The van der Waals surface area contributed by atoms with Crippen molar-refractivity contribution in [3.8, 4) is 0 Å².